The molecule has 114 valence electrons. The first-order valence-corrected chi connectivity index (χ1v) is 6.80. The van der Waals surface area contributed by atoms with Crippen molar-refractivity contribution in [2.45, 2.75) is 32.0 Å². The average molecular weight is 292 g/mol. The molecule has 0 fully saturated rings. The Balaban J connectivity index is 2.46. The number of benzene rings is 1. The quantitative estimate of drug-likeness (QED) is 0.913. The molecule has 2 rings (SSSR count). The van der Waals surface area contributed by atoms with Crippen LogP contribution in [0.15, 0.2) is 30.6 Å². The first-order valence-electron chi connectivity index (χ1n) is 6.80. The summed E-state index contributed by atoms with van der Waals surface area (Å²) in [5, 5.41) is 14.1. The molecule has 0 saturated heterocycles. The standard InChI is InChI=1S/C15H21FN4O/c1-15(2,21)9-20-14(17-10-18-20)13(19(3)4)11-7-5-6-8-12(11)16/h5-8,10,13,21H,9H2,1-4H3/t13-/m1/s1. The summed E-state index contributed by atoms with van der Waals surface area (Å²) in [5.41, 5.74) is -0.387. The molecular formula is C15H21FN4O. The molecule has 1 N–H and O–H groups in total. The van der Waals surface area contributed by atoms with Crippen LogP contribution >= 0.6 is 0 Å². The predicted molar refractivity (Wildman–Crippen MR) is 78.2 cm³/mol. The molecular weight excluding hydrogens is 271 g/mol. The molecule has 1 atom stereocenters. The van der Waals surface area contributed by atoms with Crippen molar-refractivity contribution in [3.05, 3.63) is 47.8 Å². The Morgan fingerprint density at radius 3 is 2.57 bits per heavy atom. The second-order valence-electron chi connectivity index (χ2n) is 5.98. The fraction of sp³-hybridized carbons (Fsp3) is 0.467. The molecule has 0 amide bonds. The molecule has 0 radical (unpaired) electrons. The highest BCUT2D eigenvalue weighted by atomic mass is 19.1. The fourth-order valence-corrected chi connectivity index (χ4v) is 2.32. The zero-order chi connectivity index (χ0) is 15.6. The van der Waals surface area contributed by atoms with Crippen molar-refractivity contribution < 1.29 is 9.50 Å². The van der Waals surface area contributed by atoms with E-state index in [-0.39, 0.29) is 11.9 Å². The summed E-state index contributed by atoms with van der Waals surface area (Å²) in [6.45, 7) is 3.69. The highest BCUT2D eigenvalue weighted by Crippen LogP contribution is 2.27. The normalized spacial score (nSPS) is 13.7. The van der Waals surface area contributed by atoms with Gasteiger partial charge in [0.2, 0.25) is 0 Å². The van der Waals surface area contributed by atoms with Crippen LogP contribution in [0.4, 0.5) is 4.39 Å². The molecule has 6 heteroatoms. The Bertz CT molecular complexity index is 604. The minimum atomic E-state index is -0.922. The van der Waals surface area contributed by atoms with Gasteiger partial charge in [-0.05, 0) is 34.0 Å². The Hall–Kier alpha value is -1.79. The number of aromatic nitrogens is 3. The average Bonchev–Trinajstić information content (AvgIpc) is 2.77. The van der Waals surface area contributed by atoms with Crippen LogP contribution in [-0.2, 0) is 6.54 Å². The third-order valence-electron chi connectivity index (χ3n) is 3.14. The Labute approximate surface area is 124 Å². The smallest absolute Gasteiger partial charge is 0.148 e. The highest BCUT2D eigenvalue weighted by molar-refractivity contribution is 5.26. The zero-order valence-electron chi connectivity index (χ0n) is 12.8. The van der Waals surface area contributed by atoms with E-state index < -0.39 is 5.60 Å². The number of hydrogen-bond donors (Lipinski definition) is 1. The molecule has 1 aromatic heterocycles. The van der Waals surface area contributed by atoms with Crippen LogP contribution < -0.4 is 0 Å². The van der Waals surface area contributed by atoms with E-state index in [1.807, 2.05) is 19.0 Å². The van der Waals surface area contributed by atoms with Gasteiger partial charge in [0.05, 0.1) is 18.2 Å². The molecule has 2 aromatic rings. The third-order valence-corrected chi connectivity index (χ3v) is 3.14. The van der Waals surface area contributed by atoms with Crippen LogP contribution in [0.3, 0.4) is 0 Å². The summed E-state index contributed by atoms with van der Waals surface area (Å²) in [4.78, 5) is 6.15. The molecule has 0 aliphatic rings. The van der Waals surface area contributed by atoms with Gasteiger partial charge in [-0.15, -0.1) is 0 Å². The number of halogens is 1. The van der Waals surface area contributed by atoms with E-state index in [0.717, 1.165) is 0 Å². The van der Waals surface area contributed by atoms with E-state index in [1.165, 1.54) is 12.4 Å². The van der Waals surface area contributed by atoms with Crippen LogP contribution in [-0.4, -0.2) is 44.5 Å². The van der Waals surface area contributed by atoms with Gasteiger partial charge in [0.25, 0.3) is 0 Å². The molecule has 21 heavy (non-hydrogen) atoms. The van der Waals surface area contributed by atoms with Crippen molar-refractivity contribution in [3.63, 3.8) is 0 Å². The van der Waals surface area contributed by atoms with Crippen LogP contribution in [0.1, 0.15) is 31.3 Å². The second-order valence-corrected chi connectivity index (χ2v) is 5.98. The van der Waals surface area contributed by atoms with Crippen LogP contribution in [0, 0.1) is 5.82 Å². The predicted octanol–water partition coefficient (Wildman–Crippen LogP) is 1.84. The summed E-state index contributed by atoms with van der Waals surface area (Å²) < 4.78 is 15.8. The van der Waals surface area contributed by atoms with E-state index in [1.54, 1.807) is 36.7 Å². The van der Waals surface area contributed by atoms with E-state index in [0.29, 0.717) is 17.9 Å². The topological polar surface area (TPSA) is 54.2 Å². The van der Waals surface area contributed by atoms with Gasteiger partial charge in [-0.3, -0.25) is 4.90 Å². The Morgan fingerprint density at radius 1 is 1.33 bits per heavy atom. The number of rotatable bonds is 5. The lowest BCUT2D eigenvalue weighted by atomic mass is 10.0. The Morgan fingerprint density at radius 2 is 2.00 bits per heavy atom. The van der Waals surface area contributed by atoms with Gasteiger partial charge < -0.3 is 5.11 Å². The molecule has 1 aromatic carbocycles. The number of hydrogen-bond acceptors (Lipinski definition) is 4. The maximum absolute atomic E-state index is 14.1. The minimum absolute atomic E-state index is 0.283. The third kappa shape index (κ3) is 3.65. The molecule has 0 unspecified atom stereocenters. The van der Waals surface area contributed by atoms with Crippen molar-refractivity contribution in [2.24, 2.45) is 0 Å². The SMILES string of the molecule is CN(C)[C@H](c1ccccc1F)c1ncnn1CC(C)(C)O. The van der Waals surface area contributed by atoms with Gasteiger partial charge in [-0.2, -0.15) is 5.10 Å². The summed E-state index contributed by atoms with van der Waals surface area (Å²) in [5.74, 6) is 0.321. The fourth-order valence-electron chi connectivity index (χ4n) is 2.32. The second kappa shape index (κ2) is 5.91. The lowest BCUT2D eigenvalue weighted by Gasteiger charge is -2.26. The van der Waals surface area contributed by atoms with E-state index >= 15 is 0 Å². The van der Waals surface area contributed by atoms with Crippen LogP contribution in [0.2, 0.25) is 0 Å². The maximum atomic E-state index is 14.1. The number of nitrogens with zero attached hydrogens (tertiary/aromatic N) is 4. The van der Waals surface area contributed by atoms with Gasteiger partial charge in [0, 0.05) is 5.56 Å². The maximum Gasteiger partial charge on any atom is 0.148 e. The molecule has 0 saturated carbocycles. The monoisotopic (exact) mass is 292 g/mol. The van der Waals surface area contributed by atoms with E-state index in [2.05, 4.69) is 10.1 Å². The van der Waals surface area contributed by atoms with Crippen molar-refractivity contribution in [1.29, 1.82) is 0 Å². The van der Waals surface area contributed by atoms with Crippen LogP contribution in [0.25, 0.3) is 0 Å². The molecule has 5 nitrogen and oxygen atoms in total. The number of aliphatic hydroxyl groups is 1. The summed E-state index contributed by atoms with van der Waals surface area (Å²) in [6, 6.07) is 6.26. The van der Waals surface area contributed by atoms with Crippen molar-refractivity contribution in [2.75, 3.05) is 14.1 Å². The largest absolute Gasteiger partial charge is 0.389 e. The molecule has 0 aliphatic heterocycles. The van der Waals surface area contributed by atoms with Crippen molar-refractivity contribution >= 4 is 0 Å². The molecule has 0 aliphatic carbocycles. The lowest BCUT2D eigenvalue weighted by Crippen LogP contribution is -2.31. The van der Waals surface area contributed by atoms with Gasteiger partial charge in [-0.1, -0.05) is 18.2 Å². The zero-order valence-corrected chi connectivity index (χ0v) is 12.8. The van der Waals surface area contributed by atoms with Crippen LogP contribution in [0.5, 0.6) is 0 Å². The summed E-state index contributed by atoms with van der Waals surface area (Å²) in [6.07, 6.45) is 1.43. The summed E-state index contributed by atoms with van der Waals surface area (Å²) >= 11 is 0. The van der Waals surface area contributed by atoms with E-state index in [4.69, 9.17) is 0 Å². The highest BCUT2D eigenvalue weighted by Gasteiger charge is 2.26. The molecule has 1 heterocycles. The first kappa shape index (κ1) is 15.6. The molecule has 0 spiro atoms. The lowest BCUT2D eigenvalue weighted by molar-refractivity contribution is 0.0554. The van der Waals surface area contributed by atoms with Crippen molar-refractivity contribution in [3.8, 4) is 0 Å². The Kier molecular flexibility index (Phi) is 4.39. The summed E-state index contributed by atoms with van der Waals surface area (Å²) in [7, 11) is 3.72. The first-order chi connectivity index (χ1) is 9.79. The minimum Gasteiger partial charge on any atom is -0.389 e. The van der Waals surface area contributed by atoms with Gasteiger partial charge in [0.1, 0.15) is 18.0 Å². The molecule has 0 bridgehead atoms. The van der Waals surface area contributed by atoms with Crippen molar-refractivity contribution in [1.82, 2.24) is 19.7 Å². The van der Waals surface area contributed by atoms with Gasteiger partial charge in [0.15, 0.2) is 0 Å². The van der Waals surface area contributed by atoms with E-state index in [9.17, 15) is 9.50 Å². The van der Waals surface area contributed by atoms with Gasteiger partial charge in [-0.25, -0.2) is 14.1 Å². The van der Waals surface area contributed by atoms with Gasteiger partial charge >= 0.3 is 0 Å².